The number of ether oxygens (including phenoxy) is 1. The van der Waals surface area contributed by atoms with Crippen LogP contribution in [-0.2, 0) is 19.4 Å². The number of rotatable bonds is 1. The predicted octanol–water partition coefficient (Wildman–Crippen LogP) is 2.12. The van der Waals surface area contributed by atoms with Crippen molar-refractivity contribution < 1.29 is 14.1 Å². The highest BCUT2D eigenvalue weighted by molar-refractivity contribution is 5.87. The van der Waals surface area contributed by atoms with Crippen LogP contribution in [0.25, 0.3) is 11.0 Å². The van der Waals surface area contributed by atoms with Crippen LogP contribution in [0.5, 0.6) is 5.75 Å². The lowest BCUT2D eigenvalue weighted by Crippen LogP contribution is -3.15. The van der Waals surface area contributed by atoms with Gasteiger partial charge in [-0.2, -0.15) is 0 Å². The Labute approximate surface area is 136 Å². The molecule has 2 aliphatic rings. The molecule has 2 aromatic rings. The molecule has 0 saturated heterocycles. The number of hydrogen-bond acceptors (Lipinski definition) is 3. The van der Waals surface area contributed by atoms with Gasteiger partial charge in [0.1, 0.15) is 17.9 Å². The quantitative estimate of drug-likeness (QED) is 0.820. The van der Waals surface area contributed by atoms with Gasteiger partial charge in [-0.25, -0.2) is 4.79 Å². The summed E-state index contributed by atoms with van der Waals surface area (Å²) in [5, 5.41) is 1.13. The zero-order valence-electron chi connectivity index (χ0n) is 14.1. The van der Waals surface area contributed by atoms with Crippen LogP contribution in [-0.4, -0.2) is 12.8 Å². The summed E-state index contributed by atoms with van der Waals surface area (Å²) >= 11 is 0. The van der Waals surface area contributed by atoms with Crippen molar-refractivity contribution >= 4 is 11.0 Å². The molecule has 1 aromatic carbocycles. The number of fused-ring (bicyclic) bond motifs is 4. The second-order valence-electron chi connectivity index (χ2n) is 7.20. The van der Waals surface area contributed by atoms with E-state index in [1.165, 1.54) is 16.0 Å². The molecule has 1 aromatic heterocycles. The molecule has 122 valence electrons. The van der Waals surface area contributed by atoms with Crippen molar-refractivity contribution in [3.8, 4) is 5.75 Å². The van der Waals surface area contributed by atoms with Gasteiger partial charge in [0.25, 0.3) is 0 Å². The van der Waals surface area contributed by atoms with Crippen molar-refractivity contribution in [1.29, 1.82) is 0 Å². The number of quaternary nitrogens is 1. The number of benzene rings is 1. The van der Waals surface area contributed by atoms with E-state index in [1.807, 2.05) is 6.92 Å². The topological polar surface area (TPSA) is 43.9 Å². The van der Waals surface area contributed by atoms with Crippen LogP contribution < -0.4 is 15.3 Å². The molecule has 1 N–H and O–H groups in total. The van der Waals surface area contributed by atoms with Crippen molar-refractivity contribution in [1.82, 2.24) is 0 Å². The minimum atomic E-state index is -0.152. The summed E-state index contributed by atoms with van der Waals surface area (Å²) in [5.41, 5.74) is 4.90. The molecular formula is C19H24NO3+. The fourth-order valence-electron chi connectivity index (χ4n) is 3.95. The van der Waals surface area contributed by atoms with Crippen molar-refractivity contribution in [2.45, 2.75) is 59.0 Å². The first-order valence-corrected chi connectivity index (χ1v) is 8.64. The Hall–Kier alpha value is -1.81. The number of nitrogens with one attached hydrogen (secondary N) is 1. The van der Waals surface area contributed by atoms with E-state index < -0.39 is 0 Å². The average molecular weight is 314 g/mol. The predicted molar refractivity (Wildman–Crippen MR) is 89.2 cm³/mol. The second-order valence-corrected chi connectivity index (χ2v) is 7.20. The van der Waals surface area contributed by atoms with Gasteiger partial charge in [-0.1, -0.05) is 0 Å². The Kier molecular flexibility index (Phi) is 3.45. The maximum Gasteiger partial charge on any atom is 0.339 e. The fourth-order valence-corrected chi connectivity index (χ4v) is 3.95. The molecule has 0 saturated carbocycles. The molecule has 23 heavy (non-hydrogen) atoms. The molecule has 1 atom stereocenters. The molecule has 4 nitrogen and oxygen atoms in total. The van der Waals surface area contributed by atoms with E-state index in [9.17, 15) is 4.79 Å². The summed E-state index contributed by atoms with van der Waals surface area (Å²) in [5.74, 6) is 0.917. The first kappa shape index (κ1) is 14.8. The van der Waals surface area contributed by atoms with Gasteiger partial charge in [-0.15, -0.1) is 0 Å². The van der Waals surface area contributed by atoms with Crippen molar-refractivity contribution in [3.63, 3.8) is 0 Å². The van der Waals surface area contributed by atoms with Gasteiger partial charge in [-0.05, 0) is 58.1 Å². The van der Waals surface area contributed by atoms with Crippen molar-refractivity contribution in [2.75, 3.05) is 6.73 Å². The summed E-state index contributed by atoms with van der Waals surface area (Å²) < 4.78 is 11.7. The monoisotopic (exact) mass is 314 g/mol. The summed E-state index contributed by atoms with van der Waals surface area (Å²) in [6.07, 6.45) is 4.07. The van der Waals surface area contributed by atoms with E-state index in [2.05, 4.69) is 19.9 Å². The maximum atomic E-state index is 12.3. The van der Waals surface area contributed by atoms with Gasteiger partial charge in [0.2, 0.25) is 6.73 Å². The van der Waals surface area contributed by atoms with E-state index in [4.69, 9.17) is 9.15 Å². The van der Waals surface area contributed by atoms with Crippen molar-refractivity contribution in [3.05, 3.63) is 38.7 Å². The molecule has 4 heteroatoms. The smallest absolute Gasteiger partial charge is 0.339 e. The van der Waals surface area contributed by atoms with Crippen LogP contribution in [0.3, 0.4) is 0 Å². The third-order valence-electron chi connectivity index (χ3n) is 5.41. The molecule has 1 aliphatic carbocycles. The lowest BCUT2D eigenvalue weighted by Gasteiger charge is -2.30. The third-order valence-corrected chi connectivity index (χ3v) is 5.41. The Bertz CT molecular complexity index is 835. The van der Waals surface area contributed by atoms with Crippen LogP contribution in [0.1, 0.15) is 48.9 Å². The molecule has 1 aliphatic heterocycles. The molecule has 0 radical (unpaired) electrons. The van der Waals surface area contributed by atoms with E-state index in [0.29, 0.717) is 12.8 Å². The summed E-state index contributed by atoms with van der Waals surface area (Å²) in [6, 6.07) is 2.74. The molecule has 0 fully saturated rings. The largest absolute Gasteiger partial charge is 0.444 e. The first-order valence-electron chi connectivity index (χ1n) is 8.64. The highest BCUT2D eigenvalue weighted by Gasteiger charge is 2.28. The second kappa shape index (κ2) is 5.38. The minimum absolute atomic E-state index is 0.152. The van der Waals surface area contributed by atoms with E-state index in [-0.39, 0.29) is 5.63 Å². The van der Waals surface area contributed by atoms with Gasteiger partial charge < -0.3 is 9.15 Å². The van der Waals surface area contributed by atoms with E-state index in [0.717, 1.165) is 60.1 Å². The highest BCUT2D eigenvalue weighted by atomic mass is 16.5. The lowest BCUT2D eigenvalue weighted by atomic mass is 9.89. The summed E-state index contributed by atoms with van der Waals surface area (Å²) in [7, 11) is 0. The highest BCUT2D eigenvalue weighted by Crippen LogP contribution is 2.35. The molecule has 2 heterocycles. The molecule has 4 rings (SSSR count). The van der Waals surface area contributed by atoms with Crippen LogP contribution in [0.15, 0.2) is 15.3 Å². The van der Waals surface area contributed by atoms with Gasteiger partial charge in [0.15, 0.2) is 0 Å². The van der Waals surface area contributed by atoms with Gasteiger partial charge in [-0.3, -0.25) is 4.90 Å². The van der Waals surface area contributed by atoms with E-state index >= 15 is 0 Å². The first-order chi connectivity index (χ1) is 11.1. The normalized spacial score (nSPS) is 20.3. The van der Waals surface area contributed by atoms with Crippen molar-refractivity contribution in [2.24, 2.45) is 0 Å². The SMILES string of the molecule is Cc1c2c(cc3c4c(c(=O)oc13)CCCC4)C[NH+](C(C)C)CO2. The Morgan fingerprint density at radius 3 is 2.65 bits per heavy atom. The summed E-state index contributed by atoms with van der Waals surface area (Å²) in [6.45, 7) is 8.10. The Morgan fingerprint density at radius 2 is 1.91 bits per heavy atom. The van der Waals surface area contributed by atoms with Crippen LogP contribution in [0.4, 0.5) is 0 Å². The number of aryl methyl sites for hydroxylation is 2. The standard InChI is InChI=1S/C19H23NO3/c1-11(2)20-9-13-8-16-14-6-4-5-7-15(14)19(21)23-18(16)12(3)17(13)22-10-20/h8,11H,4-7,9-10H2,1-3H3/p+1. The zero-order chi connectivity index (χ0) is 16.1. The third kappa shape index (κ3) is 2.27. The molecule has 1 unspecified atom stereocenters. The van der Waals surface area contributed by atoms with Gasteiger partial charge in [0, 0.05) is 22.1 Å². The zero-order valence-corrected chi connectivity index (χ0v) is 14.1. The van der Waals surface area contributed by atoms with E-state index in [1.54, 1.807) is 0 Å². The molecule has 0 spiro atoms. The molecular weight excluding hydrogens is 290 g/mol. The van der Waals surface area contributed by atoms with Crippen LogP contribution in [0, 0.1) is 6.92 Å². The maximum absolute atomic E-state index is 12.3. The lowest BCUT2D eigenvalue weighted by molar-refractivity contribution is -0.952. The number of hydrogen-bond donors (Lipinski definition) is 1. The molecule has 0 bridgehead atoms. The van der Waals surface area contributed by atoms with Crippen LogP contribution >= 0.6 is 0 Å². The average Bonchev–Trinajstić information content (AvgIpc) is 2.56. The molecule has 0 amide bonds. The Morgan fingerprint density at radius 1 is 1.17 bits per heavy atom. The minimum Gasteiger partial charge on any atom is -0.444 e. The summed E-state index contributed by atoms with van der Waals surface area (Å²) in [4.78, 5) is 13.8. The van der Waals surface area contributed by atoms with Gasteiger partial charge in [0.05, 0.1) is 6.04 Å². The fraction of sp³-hybridized carbons (Fsp3) is 0.526. The van der Waals surface area contributed by atoms with Crippen LogP contribution in [0.2, 0.25) is 0 Å². The van der Waals surface area contributed by atoms with Gasteiger partial charge >= 0.3 is 5.63 Å². The Balaban J connectivity index is 1.96.